The zero-order valence-electron chi connectivity index (χ0n) is 9.51. The van der Waals surface area contributed by atoms with Crippen LogP contribution in [-0.2, 0) is 16.1 Å². The van der Waals surface area contributed by atoms with Crippen LogP contribution in [0.25, 0.3) is 0 Å². The van der Waals surface area contributed by atoms with Crippen LogP contribution in [0.5, 0.6) is 0 Å². The molecule has 0 radical (unpaired) electrons. The molecule has 0 saturated carbocycles. The third kappa shape index (κ3) is 3.55. The third-order valence-electron chi connectivity index (χ3n) is 2.06. The largest absolute Gasteiger partial charge is 0.394 e. The van der Waals surface area contributed by atoms with E-state index in [4.69, 9.17) is 15.1 Å². The predicted octanol–water partition coefficient (Wildman–Crippen LogP) is -0.278. The third-order valence-corrected chi connectivity index (χ3v) is 2.06. The number of nitriles is 1. The number of anilines is 1. The molecule has 1 aromatic heterocycles. The van der Waals surface area contributed by atoms with Crippen molar-refractivity contribution in [2.45, 2.75) is 13.0 Å². The fourth-order valence-electron chi connectivity index (χ4n) is 1.25. The first-order valence-electron chi connectivity index (χ1n) is 5.08. The average molecular weight is 238 g/mol. The van der Waals surface area contributed by atoms with Gasteiger partial charge in [0.2, 0.25) is 5.91 Å². The Morgan fingerprint density at radius 1 is 1.76 bits per heavy atom. The minimum atomic E-state index is -0.261. The van der Waals surface area contributed by atoms with Crippen LogP contribution >= 0.6 is 0 Å². The molecule has 0 aliphatic rings. The van der Waals surface area contributed by atoms with Crippen LogP contribution in [0.4, 0.5) is 5.82 Å². The summed E-state index contributed by atoms with van der Waals surface area (Å²) in [7, 11) is 1.50. The van der Waals surface area contributed by atoms with E-state index >= 15 is 0 Å². The van der Waals surface area contributed by atoms with Gasteiger partial charge in [-0.2, -0.15) is 10.4 Å². The molecule has 1 heterocycles. The lowest BCUT2D eigenvalue weighted by atomic mass is 10.3. The fourth-order valence-corrected chi connectivity index (χ4v) is 1.25. The summed E-state index contributed by atoms with van der Waals surface area (Å²) in [6.45, 7) is 0.414. The van der Waals surface area contributed by atoms with Crippen LogP contribution in [0, 0.1) is 11.3 Å². The highest BCUT2D eigenvalue weighted by atomic mass is 16.5. The topological polar surface area (TPSA) is 100 Å². The molecule has 92 valence electrons. The summed E-state index contributed by atoms with van der Waals surface area (Å²) in [6.07, 6.45) is 1.55. The Labute approximate surface area is 98.6 Å². The van der Waals surface area contributed by atoms with E-state index in [1.54, 1.807) is 0 Å². The Kier molecular flexibility index (Phi) is 5.13. The highest BCUT2D eigenvalue weighted by molar-refractivity contribution is 5.91. The molecule has 0 unspecified atom stereocenters. The predicted molar refractivity (Wildman–Crippen MR) is 59.2 cm³/mol. The number of hydrogen-bond donors (Lipinski definition) is 2. The zero-order chi connectivity index (χ0) is 12.7. The van der Waals surface area contributed by atoms with E-state index in [-0.39, 0.29) is 31.0 Å². The molecule has 0 saturated heterocycles. The molecule has 1 aromatic rings. The molecule has 0 bridgehead atoms. The Hall–Kier alpha value is -1.91. The van der Waals surface area contributed by atoms with E-state index in [9.17, 15) is 4.79 Å². The summed E-state index contributed by atoms with van der Waals surface area (Å²) in [5.74, 6) is 0.0469. The van der Waals surface area contributed by atoms with E-state index in [1.807, 2.05) is 6.07 Å². The monoisotopic (exact) mass is 238 g/mol. The van der Waals surface area contributed by atoms with Crippen molar-refractivity contribution < 1.29 is 14.6 Å². The Bertz CT molecular complexity index is 422. The molecule has 2 N–H and O–H groups in total. The van der Waals surface area contributed by atoms with Crippen LogP contribution < -0.4 is 5.32 Å². The number of methoxy groups -OCH3 is 1. The Balaban J connectivity index is 2.77. The van der Waals surface area contributed by atoms with Crippen LogP contribution in [0.3, 0.4) is 0 Å². The van der Waals surface area contributed by atoms with Crippen molar-refractivity contribution in [3.8, 4) is 6.07 Å². The van der Waals surface area contributed by atoms with Gasteiger partial charge >= 0.3 is 0 Å². The normalized spacial score (nSPS) is 9.94. The number of nitrogens with one attached hydrogen (secondary N) is 1. The van der Waals surface area contributed by atoms with Crippen molar-refractivity contribution in [2.24, 2.45) is 0 Å². The second kappa shape index (κ2) is 6.62. The van der Waals surface area contributed by atoms with Crippen LogP contribution in [0.2, 0.25) is 0 Å². The maximum absolute atomic E-state index is 11.5. The highest BCUT2D eigenvalue weighted by Crippen LogP contribution is 2.14. The highest BCUT2D eigenvalue weighted by Gasteiger charge is 2.13. The fraction of sp³-hybridized carbons (Fsp3) is 0.500. The van der Waals surface area contributed by atoms with Gasteiger partial charge in [-0.15, -0.1) is 0 Å². The summed E-state index contributed by atoms with van der Waals surface area (Å²) in [5.41, 5.74) is 0.268. The number of carbonyl (C=O) groups excluding carboxylic acids is 1. The number of aliphatic hydroxyl groups excluding tert-OH is 1. The molecule has 17 heavy (non-hydrogen) atoms. The van der Waals surface area contributed by atoms with Gasteiger partial charge in [-0.05, 0) is 0 Å². The van der Waals surface area contributed by atoms with Crippen molar-refractivity contribution >= 4 is 11.7 Å². The first-order valence-corrected chi connectivity index (χ1v) is 5.08. The minimum Gasteiger partial charge on any atom is -0.394 e. The van der Waals surface area contributed by atoms with E-state index in [0.29, 0.717) is 12.4 Å². The van der Waals surface area contributed by atoms with Gasteiger partial charge in [0.05, 0.1) is 32.4 Å². The number of aliphatic hydroxyl groups is 1. The van der Waals surface area contributed by atoms with Crippen LogP contribution in [0.1, 0.15) is 12.0 Å². The SMILES string of the molecule is COCCC(=O)Nc1c(C#N)cnn1CCO. The quantitative estimate of drug-likeness (QED) is 0.710. The maximum atomic E-state index is 11.5. The molecule has 0 fully saturated rings. The molecular formula is C10H14N4O3. The molecule has 1 rings (SSSR count). The number of carbonyl (C=O) groups is 1. The van der Waals surface area contributed by atoms with Gasteiger partial charge in [0.1, 0.15) is 17.5 Å². The number of rotatable bonds is 6. The first-order chi connectivity index (χ1) is 8.22. The summed E-state index contributed by atoms with van der Waals surface area (Å²) >= 11 is 0. The van der Waals surface area contributed by atoms with Gasteiger partial charge in [-0.1, -0.05) is 0 Å². The second-order valence-electron chi connectivity index (χ2n) is 3.26. The first kappa shape index (κ1) is 13.2. The van der Waals surface area contributed by atoms with Crippen molar-refractivity contribution in [3.63, 3.8) is 0 Å². The molecule has 7 nitrogen and oxygen atoms in total. The summed E-state index contributed by atoms with van der Waals surface area (Å²) in [4.78, 5) is 11.5. The van der Waals surface area contributed by atoms with Gasteiger partial charge in [-0.3, -0.25) is 4.79 Å². The molecular weight excluding hydrogens is 224 g/mol. The summed E-state index contributed by atoms with van der Waals surface area (Å²) in [5, 5.41) is 24.1. The van der Waals surface area contributed by atoms with Gasteiger partial charge in [0, 0.05) is 7.11 Å². The van der Waals surface area contributed by atoms with Gasteiger partial charge < -0.3 is 15.2 Å². The summed E-state index contributed by atoms with van der Waals surface area (Å²) in [6, 6.07) is 1.92. The molecule has 1 amide bonds. The van der Waals surface area contributed by atoms with Gasteiger partial charge in [0.15, 0.2) is 0 Å². The van der Waals surface area contributed by atoms with Gasteiger partial charge in [0.25, 0.3) is 0 Å². The Morgan fingerprint density at radius 2 is 2.53 bits per heavy atom. The van der Waals surface area contributed by atoms with E-state index in [0.717, 1.165) is 0 Å². The Morgan fingerprint density at radius 3 is 3.12 bits per heavy atom. The van der Waals surface area contributed by atoms with Crippen molar-refractivity contribution in [1.29, 1.82) is 5.26 Å². The zero-order valence-corrected chi connectivity index (χ0v) is 9.51. The van der Waals surface area contributed by atoms with Crippen molar-refractivity contribution in [2.75, 3.05) is 25.6 Å². The molecule has 0 spiro atoms. The number of ether oxygens (including phenoxy) is 1. The van der Waals surface area contributed by atoms with Crippen molar-refractivity contribution in [1.82, 2.24) is 9.78 Å². The van der Waals surface area contributed by atoms with Crippen molar-refractivity contribution in [3.05, 3.63) is 11.8 Å². The average Bonchev–Trinajstić information content (AvgIpc) is 2.70. The smallest absolute Gasteiger partial charge is 0.227 e. The van der Waals surface area contributed by atoms with Gasteiger partial charge in [-0.25, -0.2) is 4.68 Å². The maximum Gasteiger partial charge on any atom is 0.227 e. The summed E-state index contributed by atoms with van der Waals surface area (Å²) < 4.78 is 6.16. The molecule has 0 atom stereocenters. The number of hydrogen-bond acceptors (Lipinski definition) is 5. The number of nitrogens with zero attached hydrogens (tertiary/aromatic N) is 3. The lowest BCUT2D eigenvalue weighted by Crippen LogP contribution is -2.18. The minimum absolute atomic E-state index is 0.118. The number of aromatic nitrogens is 2. The van der Waals surface area contributed by atoms with E-state index in [1.165, 1.54) is 18.0 Å². The van der Waals surface area contributed by atoms with E-state index < -0.39 is 0 Å². The molecule has 0 aromatic carbocycles. The lowest BCUT2D eigenvalue weighted by Gasteiger charge is -2.08. The van der Waals surface area contributed by atoms with Crippen LogP contribution in [0.15, 0.2) is 6.20 Å². The second-order valence-corrected chi connectivity index (χ2v) is 3.26. The molecule has 7 heteroatoms. The van der Waals surface area contributed by atoms with Crippen LogP contribution in [-0.4, -0.2) is 41.1 Å². The number of amides is 1. The lowest BCUT2D eigenvalue weighted by molar-refractivity contribution is -0.117. The molecule has 0 aliphatic heterocycles. The molecule has 0 aliphatic carbocycles. The van der Waals surface area contributed by atoms with E-state index in [2.05, 4.69) is 10.4 Å². The standard InChI is InChI=1S/C10H14N4O3/c1-17-5-2-9(16)13-10-8(6-11)7-12-14(10)3-4-15/h7,15H,2-5H2,1H3,(H,13,16).